The molecule has 1 N–H and O–H groups in total. The molecule has 1 heterocycles. The fourth-order valence-electron chi connectivity index (χ4n) is 1.89. The molecule has 0 spiro atoms. The van der Waals surface area contributed by atoms with Gasteiger partial charge in [-0.1, -0.05) is 6.42 Å². The maximum absolute atomic E-state index is 8.87. The van der Waals surface area contributed by atoms with Crippen molar-refractivity contribution in [1.29, 1.82) is 0 Å². The molecule has 2 fully saturated rings. The van der Waals surface area contributed by atoms with E-state index in [1.54, 1.807) is 0 Å². The SMILES string of the molecule is CC1(C2CCC2)OCC(CO)O1. The number of hydrogen-bond donors (Lipinski definition) is 1. The first-order chi connectivity index (χ1) is 5.74. The van der Waals surface area contributed by atoms with Crippen molar-refractivity contribution in [2.75, 3.05) is 13.2 Å². The van der Waals surface area contributed by atoms with E-state index in [0.29, 0.717) is 12.5 Å². The number of hydrogen-bond acceptors (Lipinski definition) is 3. The average Bonchev–Trinajstić information content (AvgIpc) is 2.28. The molecule has 0 amide bonds. The lowest BCUT2D eigenvalue weighted by molar-refractivity contribution is -0.209. The molecule has 3 heteroatoms. The van der Waals surface area contributed by atoms with Crippen molar-refractivity contribution in [3.63, 3.8) is 0 Å². The summed E-state index contributed by atoms with van der Waals surface area (Å²) >= 11 is 0. The van der Waals surface area contributed by atoms with Crippen molar-refractivity contribution in [1.82, 2.24) is 0 Å². The Bertz CT molecular complexity index is 167. The molecule has 0 radical (unpaired) electrons. The van der Waals surface area contributed by atoms with Crippen LogP contribution >= 0.6 is 0 Å². The maximum Gasteiger partial charge on any atom is 0.169 e. The van der Waals surface area contributed by atoms with Gasteiger partial charge in [-0.25, -0.2) is 0 Å². The normalized spacial score (nSPS) is 43.0. The third-order valence-electron chi connectivity index (χ3n) is 3.01. The van der Waals surface area contributed by atoms with Crippen LogP contribution in [0, 0.1) is 5.92 Å². The van der Waals surface area contributed by atoms with Crippen LogP contribution in [-0.4, -0.2) is 30.2 Å². The highest BCUT2D eigenvalue weighted by Gasteiger charge is 2.45. The second kappa shape index (κ2) is 2.98. The summed E-state index contributed by atoms with van der Waals surface area (Å²) < 4.78 is 11.2. The highest BCUT2D eigenvalue weighted by molar-refractivity contribution is 4.86. The highest BCUT2D eigenvalue weighted by Crippen LogP contribution is 2.42. The zero-order valence-electron chi connectivity index (χ0n) is 7.45. The summed E-state index contributed by atoms with van der Waals surface area (Å²) in [4.78, 5) is 0. The summed E-state index contributed by atoms with van der Waals surface area (Å²) in [5, 5.41) is 8.87. The van der Waals surface area contributed by atoms with E-state index in [2.05, 4.69) is 0 Å². The van der Waals surface area contributed by atoms with Crippen LogP contribution in [0.4, 0.5) is 0 Å². The van der Waals surface area contributed by atoms with E-state index < -0.39 is 5.79 Å². The summed E-state index contributed by atoms with van der Waals surface area (Å²) in [6.45, 7) is 2.61. The molecule has 2 aliphatic rings. The predicted octanol–water partition coefficient (Wildman–Crippen LogP) is 0.910. The number of aliphatic hydroxyl groups excluding tert-OH is 1. The Labute approximate surface area is 72.7 Å². The average molecular weight is 172 g/mol. The van der Waals surface area contributed by atoms with Crippen LogP contribution in [0.2, 0.25) is 0 Å². The van der Waals surface area contributed by atoms with E-state index in [9.17, 15) is 0 Å². The van der Waals surface area contributed by atoms with E-state index in [1.807, 2.05) is 6.92 Å². The smallest absolute Gasteiger partial charge is 0.169 e. The Balaban J connectivity index is 1.94. The van der Waals surface area contributed by atoms with Gasteiger partial charge in [0.05, 0.1) is 13.2 Å². The van der Waals surface area contributed by atoms with E-state index in [0.717, 1.165) is 0 Å². The number of aliphatic hydroxyl groups is 1. The van der Waals surface area contributed by atoms with Crippen molar-refractivity contribution < 1.29 is 14.6 Å². The fraction of sp³-hybridized carbons (Fsp3) is 1.00. The molecule has 1 saturated heterocycles. The Morgan fingerprint density at radius 2 is 2.25 bits per heavy atom. The minimum atomic E-state index is -0.397. The molecule has 3 nitrogen and oxygen atoms in total. The molecule has 0 bridgehead atoms. The third-order valence-corrected chi connectivity index (χ3v) is 3.01. The first kappa shape index (κ1) is 8.48. The first-order valence-electron chi connectivity index (χ1n) is 4.67. The van der Waals surface area contributed by atoms with Crippen LogP contribution in [0.3, 0.4) is 0 Å². The molecule has 12 heavy (non-hydrogen) atoms. The molecule has 0 aromatic rings. The molecule has 1 saturated carbocycles. The molecular formula is C9H16O3. The molecule has 2 unspecified atom stereocenters. The van der Waals surface area contributed by atoms with Gasteiger partial charge in [0.15, 0.2) is 5.79 Å². The number of rotatable bonds is 2. The molecule has 0 aromatic heterocycles. The summed E-state index contributed by atoms with van der Waals surface area (Å²) in [6, 6.07) is 0. The summed E-state index contributed by atoms with van der Waals surface area (Å²) in [5.74, 6) is 0.153. The van der Waals surface area contributed by atoms with E-state index in [1.165, 1.54) is 19.3 Å². The third kappa shape index (κ3) is 1.26. The Kier molecular flexibility index (Phi) is 2.10. The molecular weight excluding hydrogens is 156 g/mol. The zero-order chi connectivity index (χ0) is 8.60. The van der Waals surface area contributed by atoms with Crippen molar-refractivity contribution in [2.45, 2.75) is 38.1 Å². The molecule has 1 aliphatic heterocycles. The van der Waals surface area contributed by atoms with Gasteiger partial charge in [-0.15, -0.1) is 0 Å². The van der Waals surface area contributed by atoms with E-state index >= 15 is 0 Å². The van der Waals surface area contributed by atoms with Crippen LogP contribution in [0.25, 0.3) is 0 Å². The molecule has 0 aromatic carbocycles. The fourth-order valence-corrected chi connectivity index (χ4v) is 1.89. The van der Waals surface area contributed by atoms with Crippen LogP contribution in [0.5, 0.6) is 0 Å². The minimum absolute atomic E-state index is 0.0717. The van der Waals surface area contributed by atoms with Gasteiger partial charge in [0, 0.05) is 5.92 Å². The molecule has 2 atom stereocenters. The monoisotopic (exact) mass is 172 g/mol. The molecule has 1 aliphatic carbocycles. The van der Waals surface area contributed by atoms with Gasteiger partial charge in [0.1, 0.15) is 6.10 Å². The van der Waals surface area contributed by atoms with Gasteiger partial charge in [0.2, 0.25) is 0 Å². The lowest BCUT2D eigenvalue weighted by atomic mass is 9.79. The van der Waals surface area contributed by atoms with Crippen molar-refractivity contribution >= 4 is 0 Å². The van der Waals surface area contributed by atoms with E-state index in [4.69, 9.17) is 14.6 Å². The predicted molar refractivity (Wildman–Crippen MR) is 43.7 cm³/mol. The quantitative estimate of drug-likeness (QED) is 0.673. The molecule has 70 valence electrons. The van der Waals surface area contributed by atoms with Crippen LogP contribution < -0.4 is 0 Å². The van der Waals surface area contributed by atoms with Crippen molar-refractivity contribution in [3.8, 4) is 0 Å². The second-order valence-corrected chi connectivity index (χ2v) is 3.88. The van der Waals surface area contributed by atoms with Gasteiger partial charge < -0.3 is 14.6 Å². The van der Waals surface area contributed by atoms with Crippen molar-refractivity contribution in [2.24, 2.45) is 5.92 Å². The summed E-state index contributed by atoms with van der Waals surface area (Å²) in [6.07, 6.45) is 3.59. The molecule has 2 rings (SSSR count). The van der Waals surface area contributed by atoms with Crippen LogP contribution in [-0.2, 0) is 9.47 Å². The second-order valence-electron chi connectivity index (χ2n) is 3.88. The van der Waals surface area contributed by atoms with Crippen LogP contribution in [0.15, 0.2) is 0 Å². The summed E-state index contributed by atoms with van der Waals surface area (Å²) in [7, 11) is 0. The minimum Gasteiger partial charge on any atom is -0.394 e. The lowest BCUT2D eigenvalue weighted by Gasteiger charge is -2.38. The van der Waals surface area contributed by atoms with Gasteiger partial charge in [-0.3, -0.25) is 0 Å². The number of ether oxygens (including phenoxy) is 2. The Hall–Kier alpha value is -0.120. The topological polar surface area (TPSA) is 38.7 Å². The highest BCUT2D eigenvalue weighted by atomic mass is 16.7. The van der Waals surface area contributed by atoms with Crippen molar-refractivity contribution in [3.05, 3.63) is 0 Å². The first-order valence-corrected chi connectivity index (χ1v) is 4.67. The van der Waals surface area contributed by atoms with E-state index in [-0.39, 0.29) is 12.7 Å². The summed E-state index contributed by atoms with van der Waals surface area (Å²) in [5.41, 5.74) is 0. The Morgan fingerprint density at radius 1 is 1.50 bits per heavy atom. The van der Waals surface area contributed by atoms with Gasteiger partial charge >= 0.3 is 0 Å². The van der Waals surface area contributed by atoms with Gasteiger partial charge in [-0.05, 0) is 19.8 Å². The largest absolute Gasteiger partial charge is 0.394 e. The van der Waals surface area contributed by atoms with Gasteiger partial charge in [-0.2, -0.15) is 0 Å². The standard InChI is InChI=1S/C9H16O3/c1-9(7-3-2-4-7)11-6-8(5-10)12-9/h7-8,10H,2-6H2,1H3. The zero-order valence-corrected chi connectivity index (χ0v) is 7.45. The van der Waals surface area contributed by atoms with Gasteiger partial charge in [0.25, 0.3) is 0 Å². The Morgan fingerprint density at radius 3 is 2.67 bits per heavy atom. The van der Waals surface area contributed by atoms with Crippen LogP contribution in [0.1, 0.15) is 26.2 Å². The lowest BCUT2D eigenvalue weighted by Crippen LogP contribution is -2.40. The maximum atomic E-state index is 8.87.